The molecular weight excluding hydrogens is 353 g/mol. The fourth-order valence-electron chi connectivity index (χ4n) is 2.06. The van der Waals surface area contributed by atoms with Crippen molar-refractivity contribution in [3.05, 3.63) is 53.8 Å². The summed E-state index contributed by atoms with van der Waals surface area (Å²) in [5.41, 5.74) is 1.15. The Balaban J connectivity index is 1.82. The lowest BCUT2D eigenvalue weighted by Crippen LogP contribution is -2.13. The molecule has 24 heavy (non-hydrogen) atoms. The van der Waals surface area contributed by atoms with Gasteiger partial charge in [-0.2, -0.15) is 0 Å². The van der Waals surface area contributed by atoms with Crippen LogP contribution in [0.1, 0.15) is 10.4 Å². The van der Waals surface area contributed by atoms with Crippen LogP contribution in [0, 0.1) is 5.82 Å². The molecule has 0 bridgehead atoms. The van der Waals surface area contributed by atoms with Crippen molar-refractivity contribution in [2.75, 3.05) is 16.3 Å². The van der Waals surface area contributed by atoms with Crippen molar-refractivity contribution in [2.24, 2.45) is 0 Å². The topological polar surface area (TPSA) is 88.2 Å². The molecule has 3 aromatic rings. The maximum absolute atomic E-state index is 13.2. The van der Waals surface area contributed by atoms with Gasteiger partial charge in [-0.3, -0.25) is 14.8 Å². The van der Waals surface area contributed by atoms with E-state index >= 15 is 0 Å². The van der Waals surface area contributed by atoms with Crippen molar-refractivity contribution in [2.45, 2.75) is 0 Å². The highest BCUT2D eigenvalue weighted by atomic mass is 32.2. The number of hydrogen-bond acceptors (Lipinski definition) is 5. The molecule has 0 radical (unpaired) electrons. The first-order valence-electron chi connectivity index (χ1n) is 6.75. The zero-order valence-electron chi connectivity index (χ0n) is 12.4. The van der Waals surface area contributed by atoms with Gasteiger partial charge in [-0.25, -0.2) is 17.8 Å². The molecule has 9 heteroatoms. The summed E-state index contributed by atoms with van der Waals surface area (Å²) in [5.74, 6) is -0.810. The lowest BCUT2D eigenvalue weighted by Gasteiger charge is -2.06. The van der Waals surface area contributed by atoms with E-state index in [4.69, 9.17) is 0 Å². The number of benzene rings is 2. The predicted octanol–water partition coefficient (Wildman–Crippen LogP) is 3.06. The molecule has 2 N–H and O–H groups in total. The number of nitrogens with zero attached hydrogens (tertiary/aromatic N) is 1. The number of carbonyl (C=O) groups excluding carboxylic acids is 1. The summed E-state index contributed by atoms with van der Waals surface area (Å²) < 4.78 is 38.6. The number of fused-ring (bicyclic) bond motifs is 1. The smallest absolute Gasteiger partial charge is 0.257 e. The van der Waals surface area contributed by atoms with E-state index in [0.717, 1.165) is 17.6 Å². The molecule has 0 aliphatic heterocycles. The Morgan fingerprint density at radius 1 is 1.21 bits per heavy atom. The van der Waals surface area contributed by atoms with Crippen LogP contribution in [0.15, 0.2) is 42.5 Å². The summed E-state index contributed by atoms with van der Waals surface area (Å²) in [6, 6.07) is 10.3. The quantitative estimate of drug-likeness (QED) is 0.744. The van der Waals surface area contributed by atoms with Crippen LogP contribution in [0.4, 0.5) is 15.2 Å². The van der Waals surface area contributed by atoms with Gasteiger partial charge in [0, 0.05) is 11.3 Å². The lowest BCUT2D eigenvalue weighted by molar-refractivity contribution is 0.102. The summed E-state index contributed by atoms with van der Waals surface area (Å²) in [6.45, 7) is 0. The Morgan fingerprint density at radius 3 is 2.75 bits per heavy atom. The molecule has 0 saturated carbocycles. The van der Waals surface area contributed by atoms with Gasteiger partial charge in [0.1, 0.15) is 5.82 Å². The van der Waals surface area contributed by atoms with Gasteiger partial charge in [0.05, 0.1) is 16.5 Å². The zero-order chi connectivity index (χ0) is 17.3. The minimum atomic E-state index is -3.43. The second-order valence-electron chi connectivity index (χ2n) is 5.04. The third kappa shape index (κ3) is 3.87. The first kappa shape index (κ1) is 16.3. The fourth-order valence-corrected chi connectivity index (χ4v) is 3.50. The number of nitrogens with one attached hydrogen (secondary N) is 2. The number of rotatable bonds is 4. The molecule has 0 aliphatic rings. The Morgan fingerprint density at radius 2 is 2.00 bits per heavy atom. The zero-order valence-corrected chi connectivity index (χ0v) is 14.0. The Hall–Kier alpha value is -2.52. The van der Waals surface area contributed by atoms with E-state index in [1.165, 1.54) is 30.3 Å². The van der Waals surface area contributed by atoms with E-state index in [1.54, 1.807) is 12.1 Å². The van der Waals surface area contributed by atoms with E-state index < -0.39 is 15.9 Å². The van der Waals surface area contributed by atoms with Crippen LogP contribution in [-0.2, 0) is 10.0 Å². The number of halogens is 1. The number of amides is 1. The molecule has 1 aromatic heterocycles. The third-order valence-electron chi connectivity index (χ3n) is 3.00. The first-order valence-corrected chi connectivity index (χ1v) is 9.46. The first-order chi connectivity index (χ1) is 11.3. The van der Waals surface area contributed by atoms with E-state index in [1.807, 2.05) is 0 Å². The van der Waals surface area contributed by atoms with Crippen LogP contribution < -0.4 is 10.0 Å². The number of carbonyl (C=O) groups is 1. The van der Waals surface area contributed by atoms with E-state index in [2.05, 4.69) is 15.0 Å². The number of thiazole rings is 1. The number of anilines is 2. The Kier molecular flexibility index (Phi) is 4.20. The van der Waals surface area contributed by atoms with Crippen LogP contribution in [0.25, 0.3) is 10.2 Å². The van der Waals surface area contributed by atoms with Crippen LogP contribution in [-0.4, -0.2) is 25.6 Å². The van der Waals surface area contributed by atoms with Crippen molar-refractivity contribution in [1.29, 1.82) is 0 Å². The molecule has 1 heterocycles. The minimum absolute atomic E-state index is 0.272. The second-order valence-corrected chi connectivity index (χ2v) is 7.82. The highest BCUT2D eigenvalue weighted by Gasteiger charge is 2.12. The summed E-state index contributed by atoms with van der Waals surface area (Å²) in [5, 5.41) is 2.96. The highest BCUT2D eigenvalue weighted by Crippen LogP contribution is 2.27. The SMILES string of the molecule is CS(=O)(=O)Nc1cccc(C(=O)Nc2nc3ccc(F)cc3s2)c1. The van der Waals surface area contributed by atoms with Gasteiger partial charge in [0.2, 0.25) is 10.0 Å². The molecule has 2 aromatic carbocycles. The van der Waals surface area contributed by atoms with Gasteiger partial charge in [-0.15, -0.1) is 0 Å². The lowest BCUT2D eigenvalue weighted by atomic mass is 10.2. The Bertz CT molecular complexity index is 1030. The number of hydrogen-bond donors (Lipinski definition) is 2. The molecule has 0 atom stereocenters. The highest BCUT2D eigenvalue weighted by molar-refractivity contribution is 7.92. The van der Waals surface area contributed by atoms with Gasteiger partial charge in [0.15, 0.2) is 5.13 Å². The van der Waals surface area contributed by atoms with Gasteiger partial charge >= 0.3 is 0 Å². The number of sulfonamides is 1. The standard InChI is InChI=1S/C15H12FN3O3S2/c1-24(21,22)19-11-4-2-3-9(7-11)14(20)18-15-17-12-6-5-10(16)8-13(12)23-15/h2-8,19H,1H3,(H,17,18,20). The van der Waals surface area contributed by atoms with Crippen LogP contribution in [0.5, 0.6) is 0 Å². The summed E-state index contributed by atoms with van der Waals surface area (Å²) in [6.07, 6.45) is 1.03. The van der Waals surface area contributed by atoms with Gasteiger partial charge in [-0.1, -0.05) is 17.4 Å². The monoisotopic (exact) mass is 365 g/mol. The van der Waals surface area contributed by atoms with E-state index in [-0.39, 0.29) is 17.1 Å². The van der Waals surface area contributed by atoms with Crippen molar-refractivity contribution < 1.29 is 17.6 Å². The molecule has 0 aliphatic carbocycles. The Labute approximate surface area is 141 Å². The molecule has 0 fully saturated rings. The normalized spacial score (nSPS) is 11.4. The fraction of sp³-hybridized carbons (Fsp3) is 0.0667. The molecule has 0 saturated heterocycles. The van der Waals surface area contributed by atoms with Crippen LogP contribution in [0.2, 0.25) is 0 Å². The van der Waals surface area contributed by atoms with E-state index in [0.29, 0.717) is 15.3 Å². The molecule has 124 valence electrons. The van der Waals surface area contributed by atoms with Gasteiger partial charge < -0.3 is 0 Å². The minimum Gasteiger partial charge on any atom is -0.298 e. The van der Waals surface area contributed by atoms with Crippen molar-refractivity contribution >= 4 is 48.3 Å². The van der Waals surface area contributed by atoms with Crippen molar-refractivity contribution in [1.82, 2.24) is 4.98 Å². The molecule has 0 unspecified atom stereocenters. The van der Waals surface area contributed by atoms with Crippen molar-refractivity contribution in [3.8, 4) is 0 Å². The molecular formula is C15H12FN3O3S2. The molecule has 6 nitrogen and oxygen atoms in total. The average Bonchev–Trinajstić information content (AvgIpc) is 2.87. The summed E-state index contributed by atoms with van der Waals surface area (Å²) in [4.78, 5) is 16.5. The predicted molar refractivity (Wildman–Crippen MR) is 92.4 cm³/mol. The summed E-state index contributed by atoms with van der Waals surface area (Å²) in [7, 11) is -3.43. The second kappa shape index (κ2) is 6.17. The maximum Gasteiger partial charge on any atom is 0.257 e. The van der Waals surface area contributed by atoms with Crippen LogP contribution in [0.3, 0.4) is 0 Å². The van der Waals surface area contributed by atoms with Gasteiger partial charge in [0.25, 0.3) is 5.91 Å². The molecule has 0 spiro atoms. The van der Waals surface area contributed by atoms with E-state index in [9.17, 15) is 17.6 Å². The number of aromatic nitrogens is 1. The van der Waals surface area contributed by atoms with Crippen molar-refractivity contribution in [3.63, 3.8) is 0 Å². The van der Waals surface area contributed by atoms with Crippen LogP contribution >= 0.6 is 11.3 Å². The molecule has 1 amide bonds. The largest absolute Gasteiger partial charge is 0.298 e. The average molecular weight is 365 g/mol. The van der Waals surface area contributed by atoms with Gasteiger partial charge in [-0.05, 0) is 36.4 Å². The summed E-state index contributed by atoms with van der Waals surface area (Å²) >= 11 is 1.15. The third-order valence-corrected chi connectivity index (χ3v) is 4.54. The maximum atomic E-state index is 13.2. The molecule has 3 rings (SSSR count).